The Morgan fingerprint density at radius 3 is 3.00 bits per heavy atom. The van der Waals surface area contributed by atoms with Crippen molar-refractivity contribution in [1.82, 2.24) is 14.9 Å². The normalized spacial score (nSPS) is 26.9. The van der Waals surface area contributed by atoms with E-state index in [1.165, 1.54) is 25.7 Å². The molecule has 0 aliphatic carbocycles. The standard InChI is InChI=1S/C15H24N4O/c1-2-18-11-9-17-14(15(18)20)19-10-4-3-7-13(19)12-6-5-8-16-12/h9,11-13,16H,2-8,10H2,1H3. The van der Waals surface area contributed by atoms with Gasteiger partial charge < -0.3 is 14.8 Å². The fraction of sp³-hybridized carbons (Fsp3) is 0.733. The Hall–Kier alpha value is -1.36. The Kier molecular flexibility index (Phi) is 4.05. The summed E-state index contributed by atoms with van der Waals surface area (Å²) in [5.74, 6) is 0.646. The molecule has 0 amide bonds. The number of nitrogens with one attached hydrogen (secondary N) is 1. The van der Waals surface area contributed by atoms with Crippen molar-refractivity contribution in [1.29, 1.82) is 0 Å². The summed E-state index contributed by atoms with van der Waals surface area (Å²) in [6, 6.07) is 0.950. The van der Waals surface area contributed by atoms with Crippen molar-refractivity contribution < 1.29 is 0 Å². The number of hydrogen-bond donors (Lipinski definition) is 1. The second kappa shape index (κ2) is 5.95. The van der Waals surface area contributed by atoms with Crippen LogP contribution in [0.5, 0.6) is 0 Å². The molecule has 2 aliphatic rings. The van der Waals surface area contributed by atoms with Gasteiger partial charge in [-0.3, -0.25) is 4.79 Å². The van der Waals surface area contributed by atoms with Crippen LogP contribution in [0.4, 0.5) is 5.82 Å². The van der Waals surface area contributed by atoms with Gasteiger partial charge in [0.15, 0.2) is 5.82 Å². The summed E-state index contributed by atoms with van der Waals surface area (Å²) in [5.41, 5.74) is 0.0555. The number of nitrogens with zero attached hydrogens (tertiary/aromatic N) is 3. The lowest BCUT2D eigenvalue weighted by Crippen LogP contribution is -2.52. The van der Waals surface area contributed by atoms with E-state index in [0.29, 0.717) is 24.4 Å². The maximum absolute atomic E-state index is 12.5. The van der Waals surface area contributed by atoms with E-state index in [1.54, 1.807) is 17.0 Å². The van der Waals surface area contributed by atoms with Crippen molar-refractivity contribution in [3.8, 4) is 0 Å². The van der Waals surface area contributed by atoms with Gasteiger partial charge in [-0.1, -0.05) is 0 Å². The quantitative estimate of drug-likeness (QED) is 0.906. The van der Waals surface area contributed by atoms with Gasteiger partial charge in [0.1, 0.15) is 0 Å². The van der Waals surface area contributed by atoms with Crippen LogP contribution in [0.3, 0.4) is 0 Å². The SMILES string of the molecule is CCn1ccnc(N2CCCCC2C2CCCN2)c1=O. The molecule has 0 spiro atoms. The van der Waals surface area contributed by atoms with Crippen LogP contribution < -0.4 is 15.8 Å². The van der Waals surface area contributed by atoms with Gasteiger partial charge in [-0.05, 0) is 45.6 Å². The number of hydrogen-bond acceptors (Lipinski definition) is 4. The van der Waals surface area contributed by atoms with Gasteiger partial charge in [0.05, 0.1) is 0 Å². The third-order valence-corrected chi connectivity index (χ3v) is 4.62. The van der Waals surface area contributed by atoms with Gasteiger partial charge in [-0.25, -0.2) is 4.98 Å². The largest absolute Gasteiger partial charge is 0.347 e. The molecule has 2 fully saturated rings. The highest BCUT2D eigenvalue weighted by atomic mass is 16.1. The van der Waals surface area contributed by atoms with Crippen molar-refractivity contribution in [2.45, 2.75) is 57.7 Å². The summed E-state index contributed by atoms with van der Waals surface area (Å²) in [5, 5.41) is 3.60. The zero-order chi connectivity index (χ0) is 13.9. The van der Waals surface area contributed by atoms with Crippen molar-refractivity contribution >= 4 is 5.82 Å². The summed E-state index contributed by atoms with van der Waals surface area (Å²) in [6.07, 6.45) is 9.58. The van der Waals surface area contributed by atoms with Crippen molar-refractivity contribution in [2.24, 2.45) is 0 Å². The van der Waals surface area contributed by atoms with Crippen LogP contribution in [0, 0.1) is 0 Å². The minimum absolute atomic E-state index is 0.0555. The average Bonchev–Trinajstić information content (AvgIpc) is 3.02. The van der Waals surface area contributed by atoms with Crippen LogP contribution >= 0.6 is 0 Å². The van der Waals surface area contributed by atoms with E-state index in [-0.39, 0.29) is 5.56 Å². The van der Waals surface area contributed by atoms with Gasteiger partial charge >= 0.3 is 0 Å². The molecule has 2 saturated heterocycles. The maximum Gasteiger partial charge on any atom is 0.293 e. The number of aromatic nitrogens is 2. The topological polar surface area (TPSA) is 50.2 Å². The molecule has 0 aromatic carbocycles. The summed E-state index contributed by atoms with van der Waals surface area (Å²) < 4.78 is 1.75. The summed E-state index contributed by atoms with van der Waals surface area (Å²) >= 11 is 0. The summed E-state index contributed by atoms with van der Waals surface area (Å²) in [7, 11) is 0. The smallest absolute Gasteiger partial charge is 0.293 e. The number of anilines is 1. The molecule has 20 heavy (non-hydrogen) atoms. The van der Waals surface area contributed by atoms with Crippen molar-refractivity contribution in [3.05, 3.63) is 22.7 Å². The maximum atomic E-state index is 12.5. The third-order valence-electron chi connectivity index (χ3n) is 4.62. The zero-order valence-corrected chi connectivity index (χ0v) is 12.2. The van der Waals surface area contributed by atoms with E-state index in [1.807, 2.05) is 6.92 Å². The Balaban J connectivity index is 1.91. The summed E-state index contributed by atoms with van der Waals surface area (Å²) in [6.45, 7) is 4.77. The molecule has 2 aliphatic heterocycles. The molecule has 5 heteroatoms. The van der Waals surface area contributed by atoms with E-state index in [2.05, 4.69) is 15.2 Å². The number of rotatable bonds is 3. The fourth-order valence-electron chi connectivity index (χ4n) is 3.56. The Morgan fingerprint density at radius 1 is 1.35 bits per heavy atom. The van der Waals surface area contributed by atoms with Crippen LogP contribution in [0.15, 0.2) is 17.2 Å². The van der Waals surface area contributed by atoms with Crippen LogP contribution in [-0.2, 0) is 6.54 Å². The molecule has 3 heterocycles. The molecule has 0 bridgehead atoms. The zero-order valence-electron chi connectivity index (χ0n) is 12.2. The van der Waals surface area contributed by atoms with Gasteiger partial charge in [0.2, 0.25) is 0 Å². The molecule has 0 saturated carbocycles. The van der Waals surface area contributed by atoms with Crippen LogP contribution in [-0.4, -0.2) is 34.7 Å². The first kappa shape index (κ1) is 13.6. The Morgan fingerprint density at radius 2 is 2.25 bits per heavy atom. The second-order valence-electron chi connectivity index (χ2n) is 5.80. The Labute approximate surface area is 120 Å². The van der Waals surface area contributed by atoms with Gasteiger partial charge in [0, 0.05) is 37.6 Å². The third kappa shape index (κ3) is 2.46. The number of piperidine rings is 1. The molecule has 3 rings (SSSR count). The van der Waals surface area contributed by atoms with Crippen molar-refractivity contribution in [2.75, 3.05) is 18.0 Å². The first-order valence-electron chi connectivity index (χ1n) is 7.86. The molecule has 110 valence electrons. The van der Waals surface area contributed by atoms with Gasteiger partial charge in [-0.15, -0.1) is 0 Å². The predicted octanol–water partition coefficient (Wildman–Crippen LogP) is 1.37. The monoisotopic (exact) mass is 276 g/mol. The molecule has 1 aromatic heterocycles. The van der Waals surface area contributed by atoms with Crippen molar-refractivity contribution in [3.63, 3.8) is 0 Å². The predicted molar refractivity (Wildman–Crippen MR) is 80.2 cm³/mol. The second-order valence-corrected chi connectivity index (χ2v) is 5.80. The van der Waals surface area contributed by atoms with Crippen LogP contribution in [0.2, 0.25) is 0 Å². The fourth-order valence-corrected chi connectivity index (χ4v) is 3.56. The van der Waals surface area contributed by atoms with E-state index < -0.39 is 0 Å². The molecule has 5 nitrogen and oxygen atoms in total. The summed E-state index contributed by atoms with van der Waals surface area (Å²) in [4.78, 5) is 19.2. The molecule has 2 unspecified atom stereocenters. The molecular formula is C15H24N4O. The lowest BCUT2D eigenvalue weighted by molar-refractivity contribution is 0.374. The Bertz CT molecular complexity index is 507. The molecule has 2 atom stereocenters. The highest BCUT2D eigenvalue weighted by molar-refractivity contribution is 5.38. The minimum atomic E-state index is 0.0555. The minimum Gasteiger partial charge on any atom is -0.347 e. The van der Waals surface area contributed by atoms with Gasteiger partial charge in [0.25, 0.3) is 5.56 Å². The molecule has 0 radical (unpaired) electrons. The first-order chi connectivity index (χ1) is 9.81. The van der Waals surface area contributed by atoms with E-state index >= 15 is 0 Å². The number of aryl methyl sites for hydroxylation is 1. The first-order valence-corrected chi connectivity index (χ1v) is 7.86. The van der Waals surface area contributed by atoms with Gasteiger partial charge in [-0.2, -0.15) is 0 Å². The van der Waals surface area contributed by atoms with Crippen LogP contribution in [0.25, 0.3) is 0 Å². The lowest BCUT2D eigenvalue weighted by atomic mass is 9.94. The van der Waals surface area contributed by atoms with E-state index in [4.69, 9.17) is 0 Å². The van der Waals surface area contributed by atoms with Crippen LogP contribution in [0.1, 0.15) is 39.0 Å². The molecular weight excluding hydrogens is 252 g/mol. The van der Waals surface area contributed by atoms with E-state index in [9.17, 15) is 4.79 Å². The van der Waals surface area contributed by atoms with E-state index in [0.717, 1.165) is 19.5 Å². The lowest BCUT2D eigenvalue weighted by Gasteiger charge is -2.39. The highest BCUT2D eigenvalue weighted by Gasteiger charge is 2.33. The average molecular weight is 276 g/mol. The molecule has 1 N–H and O–H groups in total. The highest BCUT2D eigenvalue weighted by Crippen LogP contribution is 2.26. The molecule has 1 aromatic rings.